The minimum absolute atomic E-state index is 0.0373. The molecule has 23 heavy (non-hydrogen) atoms. The number of hydrogen-bond donors (Lipinski definition) is 0. The van der Waals surface area contributed by atoms with Gasteiger partial charge in [-0.2, -0.15) is 0 Å². The zero-order valence-electron chi connectivity index (χ0n) is 12.3. The number of carbonyl (C=O) groups is 2. The van der Waals surface area contributed by atoms with Crippen LogP contribution in [-0.4, -0.2) is 36.1 Å². The number of para-hydroxylation sites is 1. The molecule has 2 rings (SSSR count). The van der Waals surface area contributed by atoms with Gasteiger partial charge in [-0.1, -0.05) is 12.1 Å². The van der Waals surface area contributed by atoms with Gasteiger partial charge in [0.1, 0.15) is 0 Å². The summed E-state index contributed by atoms with van der Waals surface area (Å²) in [7, 11) is 2.35. The maximum Gasteiger partial charge on any atom is 0.340 e. The van der Waals surface area contributed by atoms with Gasteiger partial charge in [-0.15, -0.1) is 0 Å². The average molecular weight is 316 g/mol. The third kappa shape index (κ3) is 3.15. The average Bonchev–Trinajstić information content (AvgIpc) is 2.59. The van der Waals surface area contributed by atoms with Crippen LogP contribution in [0, 0.1) is 10.1 Å². The van der Waals surface area contributed by atoms with Gasteiger partial charge < -0.3 is 9.47 Å². The molecule has 0 amide bonds. The minimum atomic E-state index is -0.767. The molecular weight excluding hydrogens is 304 g/mol. The Balaban J connectivity index is 2.70. The Hall–Kier alpha value is -3.29. The Labute approximate surface area is 130 Å². The normalized spacial score (nSPS) is 10.0. The molecule has 0 unspecified atom stereocenters. The monoisotopic (exact) mass is 316 g/mol. The van der Waals surface area contributed by atoms with Gasteiger partial charge in [0.05, 0.1) is 41.5 Å². The van der Waals surface area contributed by atoms with Gasteiger partial charge in [-0.05, 0) is 12.1 Å². The van der Waals surface area contributed by atoms with Gasteiger partial charge in [0.25, 0.3) is 5.69 Å². The summed E-state index contributed by atoms with van der Waals surface area (Å²) in [5.41, 5.74) is -0.0398. The number of rotatable bonds is 4. The third-order valence-corrected chi connectivity index (χ3v) is 3.07. The highest BCUT2D eigenvalue weighted by atomic mass is 16.6. The molecular formula is C15H12N2O6. The topological polar surface area (TPSA) is 109 Å². The zero-order chi connectivity index (χ0) is 17.0. The van der Waals surface area contributed by atoms with Crippen LogP contribution in [0.1, 0.15) is 20.7 Å². The summed E-state index contributed by atoms with van der Waals surface area (Å²) in [6.45, 7) is 0. The summed E-state index contributed by atoms with van der Waals surface area (Å²) < 4.78 is 9.24. The van der Waals surface area contributed by atoms with Crippen molar-refractivity contribution in [3.8, 4) is 11.3 Å². The molecule has 0 saturated heterocycles. The lowest BCUT2D eigenvalue weighted by molar-refractivity contribution is -0.384. The van der Waals surface area contributed by atoms with E-state index < -0.39 is 16.9 Å². The van der Waals surface area contributed by atoms with Gasteiger partial charge >= 0.3 is 11.9 Å². The minimum Gasteiger partial charge on any atom is -0.465 e. The van der Waals surface area contributed by atoms with E-state index in [1.54, 1.807) is 6.07 Å². The fourth-order valence-corrected chi connectivity index (χ4v) is 2.01. The van der Waals surface area contributed by atoms with Crippen molar-refractivity contribution >= 4 is 17.6 Å². The van der Waals surface area contributed by atoms with Gasteiger partial charge in [0, 0.05) is 12.3 Å². The van der Waals surface area contributed by atoms with Crippen molar-refractivity contribution in [3.05, 3.63) is 57.8 Å². The van der Waals surface area contributed by atoms with Crippen LogP contribution < -0.4 is 0 Å². The second-order valence-corrected chi connectivity index (χ2v) is 4.38. The van der Waals surface area contributed by atoms with E-state index in [2.05, 4.69) is 14.5 Å². The van der Waals surface area contributed by atoms with Crippen LogP contribution in [0.3, 0.4) is 0 Å². The molecule has 0 saturated carbocycles. The number of methoxy groups -OCH3 is 2. The fourth-order valence-electron chi connectivity index (χ4n) is 2.01. The van der Waals surface area contributed by atoms with E-state index in [1.807, 2.05) is 0 Å². The van der Waals surface area contributed by atoms with E-state index in [4.69, 9.17) is 0 Å². The molecule has 0 N–H and O–H groups in total. The smallest absolute Gasteiger partial charge is 0.340 e. The Kier molecular flexibility index (Phi) is 4.65. The molecule has 1 heterocycles. The Morgan fingerprint density at radius 2 is 1.78 bits per heavy atom. The molecule has 0 aliphatic carbocycles. The lowest BCUT2D eigenvalue weighted by atomic mass is 10.0. The van der Waals surface area contributed by atoms with E-state index >= 15 is 0 Å². The van der Waals surface area contributed by atoms with Crippen molar-refractivity contribution in [2.24, 2.45) is 0 Å². The maximum absolute atomic E-state index is 12.0. The highest BCUT2D eigenvalue weighted by molar-refractivity contribution is 6.00. The van der Waals surface area contributed by atoms with Crippen LogP contribution in [0.15, 0.2) is 36.5 Å². The van der Waals surface area contributed by atoms with E-state index in [9.17, 15) is 19.7 Å². The number of nitrogens with zero attached hydrogens (tertiary/aromatic N) is 2. The van der Waals surface area contributed by atoms with Crippen molar-refractivity contribution in [2.75, 3.05) is 14.2 Å². The first-order chi connectivity index (χ1) is 11.0. The summed E-state index contributed by atoms with van der Waals surface area (Å²) in [6, 6.07) is 7.08. The van der Waals surface area contributed by atoms with Crippen LogP contribution in [0.2, 0.25) is 0 Å². The SMILES string of the molecule is COC(=O)c1cnc(-c2ccccc2[N+](=O)[O-])c(C(=O)OC)c1. The first-order valence-corrected chi connectivity index (χ1v) is 6.40. The molecule has 0 fully saturated rings. The van der Waals surface area contributed by atoms with Crippen LogP contribution in [0.4, 0.5) is 5.69 Å². The van der Waals surface area contributed by atoms with E-state index in [1.165, 1.54) is 37.6 Å². The van der Waals surface area contributed by atoms with Gasteiger partial charge in [0.15, 0.2) is 0 Å². The number of carbonyl (C=O) groups excluding carboxylic acids is 2. The van der Waals surface area contributed by atoms with E-state index in [0.717, 1.165) is 7.11 Å². The molecule has 8 nitrogen and oxygen atoms in total. The molecule has 0 aliphatic heterocycles. The van der Waals surface area contributed by atoms with E-state index in [0.29, 0.717) is 0 Å². The summed E-state index contributed by atoms with van der Waals surface area (Å²) in [4.78, 5) is 38.1. The van der Waals surface area contributed by atoms with Crippen molar-refractivity contribution in [3.63, 3.8) is 0 Å². The Morgan fingerprint density at radius 1 is 1.13 bits per heavy atom. The molecule has 2 aromatic rings. The van der Waals surface area contributed by atoms with Crippen molar-refractivity contribution in [2.45, 2.75) is 0 Å². The second-order valence-electron chi connectivity index (χ2n) is 4.38. The van der Waals surface area contributed by atoms with Crippen LogP contribution >= 0.6 is 0 Å². The van der Waals surface area contributed by atoms with Crippen LogP contribution in [0.25, 0.3) is 11.3 Å². The predicted molar refractivity (Wildman–Crippen MR) is 79.0 cm³/mol. The number of benzene rings is 1. The maximum atomic E-state index is 12.0. The first-order valence-electron chi connectivity index (χ1n) is 6.40. The van der Waals surface area contributed by atoms with Gasteiger partial charge in [0.2, 0.25) is 0 Å². The lowest BCUT2D eigenvalue weighted by Crippen LogP contribution is -2.10. The molecule has 0 atom stereocenters. The van der Waals surface area contributed by atoms with Crippen LogP contribution in [-0.2, 0) is 9.47 Å². The van der Waals surface area contributed by atoms with Crippen molar-refractivity contribution < 1.29 is 24.0 Å². The molecule has 1 aromatic heterocycles. The molecule has 1 aromatic carbocycles. The molecule has 8 heteroatoms. The fraction of sp³-hybridized carbons (Fsp3) is 0.133. The highest BCUT2D eigenvalue weighted by Crippen LogP contribution is 2.31. The zero-order valence-corrected chi connectivity index (χ0v) is 12.3. The summed E-state index contributed by atoms with van der Waals surface area (Å²) in [5.74, 6) is -1.45. The molecule has 0 bridgehead atoms. The molecule has 118 valence electrons. The van der Waals surface area contributed by atoms with E-state index in [-0.39, 0.29) is 28.1 Å². The lowest BCUT2D eigenvalue weighted by Gasteiger charge is -2.09. The standard InChI is InChI=1S/C15H12N2O6/c1-22-14(18)9-7-11(15(19)23-2)13(16-8-9)10-5-3-4-6-12(10)17(20)21/h3-8H,1-2H3. The number of hydrogen-bond acceptors (Lipinski definition) is 7. The van der Waals surface area contributed by atoms with Crippen LogP contribution in [0.5, 0.6) is 0 Å². The Morgan fingerprint density at radius 3 is 2.39 bits per heavy atom. The first kappa shape index (κ1) is 16.1. The molecule has 0 radical (unpaired) electrons. The number of aromatic nitrogens is 1. The number of pyridine rings is 1. The Bertz CT molecular complexity index is 787. The number of nitro benzene ring substituents is 1. The van der Waals surface area contributed by atoms with Gasteiger partial charge in [-0.3, -0.25) is 15.1 Å². The number of nitro groups is 1. The number of ether oxygens (including phenoxy) is 2. The van der Waals surface area contributed by atoms with Gasteiger partial charge in [-0.25, -0.2) is 9.59 Å². The summed E-state index contributed by atoms with van der Waals surface area (Å²) in [6.07, 6.45) is 1.18. The molecule has 0 aliphatic rings. The predicted octanol–water partition coefficient (Wildman–Crippen LogP) is 2.23. The summed E-state index contributed by atoms with van der Waals surface area (Å²) in [5, 5.41) is 11.2. The van der Waals surface area contributed by atoms with Crippen molar-refractivity contribution in [1.82, 2.24) is 4.98 Å². The number of esters is 2. The highest BCUT2D eigenvalue weighted by Gasteiger charge is 2.23. The second kappa shape index (κ2) is 6.65. The van der Waals surface area contributed by atoms with Crippen molar-refractivity contribution in [1.29, 1.82) is 0 Å². The quantitative estimate of drug-likeness (QED) is 0.483. The summed E-state index contributed by atoms with van der Waals surface area (Å²) >= 11 is 0. The third-order valence-electron chi connectivity index (χ3n) is 3.07. The molecule has 0 spiro atoms. The largest absolute Gasteiger partial charge is 0.465 e.